The van der Waals surface area contributed by atoms with Crippen molar-refractivity contribution in [2.24, 2.45) is 23.7 Å². The van der Waals surface area contributed by atoms with E-state index < -0.39 is 208 Å². The second-order valence-corrected chi connectivity index (χ2v) is 31.7. The van der Waals surface area contributed by atoms with Crippen LogP contribution in [0.3, 0.4) is 0 Å². The Bertz CT molecular complexity index is 3370. The Balaban J connectivity index is -0.0000000507. The van der Waals surface area contributed by atoms with Gasteiger partial charge in [-0.1, -0.05) is 0 Å². The van der Waals surface area contributed by atoms with Gasteiger partial charge in [-0.15, -0.1) is 0 Å². The van der Waals surface area contributed by atoms with E-state index in [9.17, 15) is 0 Å². The summed E-state index contributed by atoms with van der Waals surface area (Å²) in [6.07, 6.45) is 9.62. The first-order chi connectivity index (χ1) is 44.9. The van der Waals surface area contributed by atoms with Crippen molar-refractivity contribution >= 4 is 208 Å². The van der Waals surface area contributed by atoms with Gasteiger partial charge in [0.2, 0.25) is 0 Å². The molecule has 0 spiro atoms. The monoisotopic (exact) mass is 2100 g/mol. The zero-order chi connectivity index (χ0) is 96.6. The lowest BCUT2D eigenvalue weighted by atomic mass is 9.56. The summed E-state index contributed by atoms with van der Waals surface area (Å²) in [4.78, 5) is 0. The minimum absolute atomic E-state index is 1.18. The summed E-state index contributed by atoms with van der Waals surface area (Å²) in [5, 5.41) is 0. The largest absolute Gasteiger partial charge is 0.394 e. The Labute approximate surface area is 616 Å². The molecule has 0 unspecified atom stereocenters. The molecule has 40 N–H and O–H groups in total. The van der Waals surface area contributed by atoms with Gasteiger partial charge in [0.1, 0.15) is 0 Å². The van der Waals surface area contributed by atoms with Gasteiger partial charge in [-0.3, -0.25) is 182 Å². The van der Waals surface area contributed by atoms with Crippen LogP contribution in [-0.2, 0) is 208 Å². The molecule has 0 heterocycles. The van der Waals surface area contributed by atoms with Gasteiger partial charge >= 0.3 is 208 Å². The highest BCUT2D eigenvalue weighted by molar-refractivity contribution is 7.83. The van der Waals surface area contributed by atoms with E-state index in [1.807, 2.05) is 0 Å². The first-order valence-electron chi connectivity index (χ1n) is 18.9. The molecule has 0 radical (unpaired) electrons. The maximum absolute atomic E-state index is 8.74. The Morgan fingerprint density at radius 2 is 0.109 bits per heavy atom. The van der Waals surface area contributed by atoms with Crippen LogP contribution in [0.2, 0.25) is 0 Å². The second-order valence-electron chi connectivity index (χ2n) is 13.8. The highest BCUT2D eigenvalue weighted by Crippen LogP contribution is 2.53. The van der Waals surface area contributed by atoms with Crippen molar-refractivity contribution in [3.05, 3.63) is 0 Å². The van der Waals surface area contributed by atoms with Crippen LogP contribution in [0.25, 0.3) is 0 Å². The summed E-state index contributed by atoms with van der Waals surface area (Å²) in [6.45, 7) is 0. The van der Waals surface area contributed by atoms with Crippen molar-refractivity contribution in [2.75, 3.05) is 0 Å². The van der Waals surface area contributed by atoms with Crippen molar-refractivity contribution in [2.45, 2.75) is 38.5 Å². The van der Waals surface area contributed by atoms with Gasteiger partial charge in [-0.05, 0) is 62.2 Å². The Morgan fingerprint density at radius 3 is 0.127 bits per heavy atom. The van der Waals surface area contributed by atoms with Crippen molar-refractivity contribution in [3.8, 4) is 0 Å². The predicted octanol–water partition coefficient (Wildman–Crippen LogP) is -10.2. The molecule has 0 amide bonds. The van der Waals surface area contributed by atoms with E-state index >= 15 is 0 Å². The maximum atomic E-state index is 8.74. The smallest absolute Gasteiger partial charge is 0.264 e. The molecule has 80 nitrogen and oxygen atoms in total. The molecule has 696 valence electrons. The van der Waals surface area contributed by atoms with E-state index in [-0.39, 0.29) is 0 Å². The lowest BCUT2D eigenvalue weighted by Gasteiger charge is -2.49. The molecule has 100 heteroatoms. The van der Waals surface area contributed by atoms with E-state index in [2.05, 4.69) is 0 Å². The summed E-state index contributed by atoms with van der Waals surface area (Å²) in [7, 11) is -93.3. The topological polar surface area (TPSA) is 1490 Å². The van der Waals surface area contributed by atoms with Gasteiger partial charge in [0.05, 0.1) is 0 Å². The van der Waals surface area contributed by atoms with Crippen molar-refractivity contribution in [3.63, 3.8) is 0 Å². The highest BCUT2D eigenvalue weighted by Gasteiger charge is 2.41. The van der Waals surface area contributed by atoms with E-state index in [0.717, 1.165) is 0 Å². The molecule has 0 aliphatic heterocycles. The van der Waals surface area contributed by atoms with Gasteiger partial charge in [-0.25, -0.2) is 0 Å². The molecule has 4 fully saturated rings. The normalized spacial score (nSPS) is 15.8. The van der Waals surface area contributed by atoms with Crippen LogP contribution < -0.4 is 0 Å². The van der Waals surface area contributed by atoms with Gasteiger partial charge < -0.3 is 0 Å². The van der Waals surface area contributed by atoms with Crippen LogP contribution in [0.4, 0.5) is 0 Å². The molecule has 4 rings (SSSR count). The molecule has 0 aromatic heterocycles. The number of hydrogen-bond donors (Lipinski definition) is 40. The molecule has 4 saturated carbocycles. The lowest BCUT2D eigenvalue weighted by Crippen LogP contribution is -2.38. The minimum Gasteiger partial charge on any atom is -0.264 e. The molecule has 4 aliphatic rings. The SMILES string of the molecule is C1C2CC3CC1CC(C2)C3.O=S(=O)(O)O.O=S(=O)(O)O.O=S(=O)(O)O.O=S(=O)(O)O.O=S(=O)(O)O.O=S(=O)(O)O.O=S(=O)(O)O.O=S(=O)(O)O.O=S(=O)(O)O.O=S(=O)(O)O.O=S(=O)(O)O.O=S(=O)(O)O.O=S(=O)(O)O.O=S(=O)(O)O.O=S(=O)(O)O.O=S(=O)(O)O.O=S(=O)(O)O.O=S(=O)(O)O.O=S(=O)(O)O.O=S(=O)(O)O. The van der Waals surface area contributed by atoms with Crippen LogP contribution in [-0.4, -0.2) is 350 Å². The summed E-state index contributed by atoms with van der Waals surface area (Å²) in [5.74, 6) is 4.71. The molecule has 4 bridgehead atoms. The van der Waals surface area contributed by atoms with Gasteiger partial charge in [0, 0.05) is 0 Å². The van der Waals surface area contributed by atoms with Crippen molar-refractivity contribution in [1.29, 1.82) is 0 Å². The van der Waals surface area contributed by atoms with Crippen LogP contribution in [0.5, 0.6) is 0 Å². The van der Waals surface area contributed by atoms with Gasteiger partial charge in [-0.2, -0.15) is 168 Å². The van der Waals surface area contributed by atoms with Crippen LogP contribution >= 0.6 is 0 Å². The third kappa shape index (κ3) is 2510. The fourth-order valence-electron chi connectivity index (χ4n) is 3.98. The molecule has 0 atom stereocenters. The van der Waals surface area contributed by atoms with E-state index in [4.69, 9.17) is 350 Å². The van der Waals surface area contributed by atoms with Crippen molar-refractivity contribution in [1.82, 2.24) is 0 Å². The first-order valence-corrected chi connectivity index (χ1v) is 46.8. The zero-order valence-corrected chi connectivity index (χ0v) is 65.3. The van der Waals surface area contributed by atoms with Gasteiger partial charge in [0.25, 0.3) is 0 Å². The summed E-state index contributed by atoms with van der Waals surface area (Å²) in [5.41, 5.74) is 0. The summed E-state index contributed by atoms with van der Waals surface area (Å²) >= 11 is 0. The third-order valence-electron chi connectivity index (χ3n) is 4.00. The molecule has 4 aliphatic carbocycles. The van der Waals surface area contributed by atoms with E-state index in [0.29, 0.717) is 0 Å². The standard InChI is InChI=1S/C10H16.20H2O4S/c1-7-2-9-4-8(1)5-10(3-7)6-9;20*1-5(2,3)4/h7-10H,1-6H2;20*(H2,1,2,3,4). The van der Waals surface area contributed by atoms with Crippen LogP contribution in [0, 0.1) is 23.7 Å². The average Bonchev–Trinajstić information content (AvgIpc) is 3.03. The second kappa shape index (κ2) is 64.5. The molecular weight excluding hydrogens is 2040 g/mol. The Morgan fingerprint density at radius 1 is 0.0909 bits per heavy atom. The number of hydrogen-bond acceptors (Lipinski definition) is 40. The molecular formula is C10H56O80S20. The summed E-state index contributed by atoms with van der Waals surface area (Å²) < 4.78 is 632. The predicted molar refractivity (Wildman–Crippen MR) is 325 cm³/mol. The Hall–Kier alpha value is -2.60. The van der Waals surface area contributed by atoms with E-state index in [1.54, 1.807) is 38.5 Å². The molecule has 0 saturated heterocycles. The lowest BCUT2D eigenvalue weighted by molar-refractivity contribution is 0.0198. The third-order valence-corrected chi connectivity index (χ3v) is 4.00. The fourth-order valence-corrected chi connectivity index (χ4v) is 3.98. The van der Waals surface area contributed by atoms with Crippen molar-refractivity contribution < 1.29 is 350 Å². The first kappa shape index (κ1) is 152. The van der Waals surface area contributed by atoms with Crippen LogP contribution in [0.15, 0.2) is 0 Å². The maximum Gasteiger partial charge on any atom is 0.394 e. The quantitative estimate of drug-likeness (QED) is 0.100. The molecule has 110 heavy (non-hydrogen) atoms. The zero-order valence-electron chi connectivity index (χ0n) is 48.9. The average molecular weight is 2100 g/mol. The Kier molecular flexibility index (Phi) is 89.2. The van der Waals surface area contributed by atoms with Crippen LogP contribution in [0.1, 0.15) is 38.5 Å². The van der Waals surface area contributed by atoms with Gasteiger partial charge in [0.15, 0.2) is 0 Å². The highest BCUT2D eigenvalue weighted by atomic mass is 32.3. The fraction of sp³-hybridized carbons (Fsp3) is 1.00. The number of rotatable bonds is 0. The van der Waals surface area contributed by atoms with E-state index in [1.165, 1.54) is 23.7 Å². The molecule has 0 aromatic rings. The summed E-state index contributed by atoms with van der Waals surface area (Å²) in [6, 6.07) is 0. The minimum atomic E-state index is -4.67. The molecule has 0 aromatic carbocycles.